The van der Waals surface area contributed by atoms with E-state index >= 15 is 0 Å². The van der Waals surface area contributed by atoms with Crippen LogP contribution in [-0.2, 0) is 11.3 Å². The van der Waals surface area contributed by atoms with Gasteiger partial charge < -0.3 is 10.1 Å². The lowest BCUT2D eigenvalue weighted by molar-refractivity contribution is 0.194. The summed E-state index contributed by atoms with van der Waals surface area (Å²) >= 11 is 0. The summed E-state index contributed by atoms with van der Waals surface area (Å²) in [5, 5.41) is 2.94. The van der Waals surface area contributed by atoms with Crippen LogP contribution in [0.5, 0.6) is 0 Å². The highest BCUT2D eigenvalue weighted by atomic mass is 16.5. The third-order valence-corrected chi connectivity index (χ3v) is 3.30. The number of benzene rings is 2. The quantitative estimate of drug-likeness (QED) is 0.796. The number of anilines is 1. The van der Waals surface area contributed by atoms with Gasteiger partial charge in [0.05, 0.1) is 6.54 Å². The van der Waals surface area contributed by atoms with Crippen molar-refractivity contribution in [3.63, 3.8) is 0 Å². The van der Waals surface area contributed by atoms with E-state index in [1.165, 1.54) is 0 Å². The molecule has 4 heteroatoms. The van der Waals surface area contributed by atoms with Crippen molar-refractivity contribution in [1.29, 1.82) is 0 Å². The Morgan fingerprint density at radius 3 is 2.32 bits per heavy atom. The molecule has 0 aliphatic rings. The SMILES string of the molecule is COCCCNC(=O)N(Cc1ccccc1)c1ccccc1. The Bertz CT molecular complexity index is 558. The maximum Gasteiger partial charge on any atom is 0.322 e. The van der Waals surface area contributed by atoms with Gasteiger partial charge in [0.1, 0.15) is 0 Å². The molecule has 4 nitrogen and oxygen atoms in total. The van der Waals surface area contributed by atoms with Crippen LogP contribution in [0.1, 0.15) is 12.0 Å². The molecule has 0 aliphatic heterocycles. The number of para-hydroxylation sites is 1. The van der Waals surface area contributed by atoms with Gasteiger partial charge in [-0.3, -0.25) is 4.90 Å². The third-order valence-electron chi connectivity index (χ3n) is 3.30. The maximum absolute atomic E-state index is 12.5. The van der Waals surface area contributed by atoms with Crippen molar-refractivity contribution in [2.24, 2.45) is 0 Å². The zero-order valence-electron chi connectivity index (χ0n) is 12.9. The molecular formula is C18H22N2O2. The van der Waals surface area contributed by atoms with E-state index in [1.807, 2.05) is 60.7 Å². The molecule has 0 spiro atoms. The number of carbonyl (C=O) groups excluding carboxylic acids is 1. The van der Waals surface area contributed by atoms with Crippen LogP contribution < -0.4 is 10.2 Å². The summed E-state index contributed by atoms with van der Waals surface area (Å²) in [5.41, 5.74) is 1.98. The normalized spacial score (nSPS) is 10.2. The first-order valence-electron chi connectivity index (χ1n) is 7.44. The molecule has 0 fully saturated rings. The molecule has 2 aromatic rings. The number of nitrogens with one attached hydrogen (secondary N) is 1. The Hall–Kier alpha value is -2.33. The Kier molecular flexibility index (Phi) is 6.45. The van der Waals surface area contributed by atoms with Crippen LogP contribution in [0, 0.1) is 0 Å². The predicted octanol–water partition coefficient (Wildman–Crippen LogP) is 3.44. The molecule has 0 saturated heterocycles. The number of urea groups is 1. The predicted molar refractivity (Wildman–Crippen MR) is 89.0 cm³/mol. The first-order chi connectivity index (χ1) is 10.8. The van der Waals surface area contributed by atoms with Gasteiger partial charge in [0, 0.05) is 25.9 Å². The molecule has 0 aliphatic carbocycles. The second-order valence-corrected chi connectivity index (χ2v) is 4.99. The van der Waals surface area contributed by atoms with Crippen molar-refractivity contribution >= 4 is 11.7 Å². The van der Waals surface area contributed by atoms with Gasteiger partial charge in [-0.1, -0.05) is 48.5 Å². The Labute approximate surface area is 131 Å². The van der Waals surface area contributed by atoms with E-state index in [2.05, 4.69) is 5.32 Å². The molecular weight excluding hydrogens is 276 g/mol. The fourth-order valence-corrected chi connectivity index (χ4v) is 2.16. The smallest absolute Gasteiger partial charge is 0.322 e. The second kappa shape index (κ2) is 8.85. The molecule has 22 heavy (non-hydrogen) atoms. The molecule has 0 saturated carbocycles. The number of nitrogens with zero attached hydrogens (tertiary/aromatic N) is 1. The number of hydrogen-bond donors (Lipinski definition) is 1. The fraction of sp³-hybridized carbons (Fsp3) is 0.278. The Balaban J connectivity index is 2.06. The monoisotopic (exact) mass is 298 g/mol. The summed E-state index contributed by atoms with van der Waals surface area (Å²) in [4.78, 5) is 14.2. The number of ether oxygens (including phenoxy) is 1. The summed E-state index contributed by atoms with van der Waals surface area (Å²) in [6.07, 6.45) is 0.802. The molecule has 2 amide bonds. The van der Waals surface area contributed by atoms with Crippen molar-refractivity contribution in [3.05, 3.63) is 66.2 Å². The van der Waals surface area contributed by atoms with Crippen molar-refractivity contribution in [2.75, 3.05) is 25.2 Å². The Morgan fingerprint density at radius 2 is 1.68 bits per heavy atom. The highest BCUT2D eigenvalue weighted by Gasteiger charge is 2.15. The highest BCUT2D eigenvalue weighted by molar-refractivity contribution is 5.91. The van der Waals surface area contributed by atoms with Gasteiger partial charge in [0.15, 0.2) is 0 Å². The Morgan fingerprint density at radius 1 is 1.05 bits per heavy atom. The van der Waals surface area contributed by atoms with Gasteiger partial charge >= 0.3 is 6.03 Å². The van der Waals surface area contributed by atoms with Gasteiger partial charge in [-0.05, 0) is 24.1 Å². The van der Waals surface area contributed by atoms with Crippen LogP contribution in [0.15, 0.2) is 60.7 Å². The van der Waals surface area contributed by atoms with E-state index in [9.17, 15) is 4.79 Å². The topological polar surface area (TPSA) is 41.6 Å². The lowest BCUT2D eigenvalue weighted by atomic mass is 10.2. The van der Waals surface area contributed by atoms with Gasteiger partial charge in [0.2, 0.25) is 0 Å². The van der Waals surface area contributed by atoms with Crippen LogP contribution in [0.4, 0.5) is 10.5 Å². The minimum absolute atomic E-state index is 0.0915. The van der Waals surface area contributed by atoms with Crippen molar-refractivity contribution in [1.82, 2.24) is 5.32 Å². The van der Waals surface area contributed by atoms with E-state index < -0.39 is 0 Å². The number of rotatable bonds is 7. The van der Waals surface area contributed by atoms with Gasteiger partial charge in [-0.15, -0.1) is 0 Å². The molecule has 0 atom stereocenters. The van der Waals surface area contributed by atoms with Crippen molar-refractivity contribution in [3.8, 4) is 0 Å². The lowest BCUT2D eigenvalue weighted by Gasteiger charge is -2.23. The van der Waals surface area contributed by atoms with Crippen LogP contribution in [0.25, 0.3) is 0 Å². The van der Waals surface area contributed by atoms with Gasteiger partial charge in [-0.25, -0.2) is 4.79 Å². The standard InChI is InChI=1S/C18H22N2O2/c1-22-14-8-13-19-18(21)20(17-11-6-3-7-12-17)15-16-9-4-2-5-10-16/h2-7,9-12H,8,13-15H2,1H3,(H,19,21). The fourth-order valence-electron chi connectivity index (χ4n) is 2.16. The molecule has 0 bridgehead atoms. The molecule has 2 rings (SSSR count). The minimum atomic E-state index is -0.0915. The van der Waals surface area contributed by atoms with Crippen molar-refractivity contribution in [2.45, 2.75) is 13.0 Å². The second-order valence-electron chi connectivity index (χ2n) is 4.99. The molecule has 1 N–H and O–H groups in total. The zero-order valence-corrected chi connectivity index (χ0v) is 12.9. The van der Waals surface area contributed by atoms with E-state index in [-0.39, 0.29) is 6.03 Å². The van der Waals surface area contributed by atoms with E-state index in [4.69, 9.17) is 4.74 Å². The van der Waals surface area contributed by atoms with E-state index in [0.29, 0.717) is 19.7 Å². The summed E-state index contributed by atoms with van der Waals surface area (Å²) < 4.78 is 5.00. The summed E-state index contributed by atoms with van der Waals surface area (Å²) in [6, 6.07) is 19.6. The number of carbonyl (C=O) groups is 1. The molecule has 0 radical (unpaired) electrons. The average Bonchev–Trinajstić information content (AvgIpc) is 2.58. The summed E-state index contributed by atoms with van der Waals surface area (Å²) in [5.74, 6) is 0. The van der Waals surface area contributed by atoms with E-state index in [1.54, 1.807) is 12.0 Å². The van der Waals surface area contributed by atoms with Crippen molar-refractivity contribution < 1.29 is 9.53 Å². The third kappa shape index (κ3) is 4.90. The largest absolute Gasteiger partial charge is 0.385 e. The molecule has 0 unspecified atom stereocenters. The van der Waals surface area contributed by atoms with Gasteiger partial charge in [0.25, 0.3) is 0 Å². The number of amides is 2. The van der Waals surface area contributed by atoms with Crippen LogP contribution in [0.3, 0.4) is 0 Å². The first-order valence-corrected chi connectivity index (χ1v) is 7.44. The van der Waals surface area contributed by atoms with Crippen LogP contribution in [0.2, 0.25) is 0 Å². The average molecular weight is 298 g/mol. The van der Waals surface area contributed by atoms with Crippen LogP contribution in [-0.4, -0.2) is 26.3 Å². The minimum Gasteiger partial charge on any atom is -0.385 e. The lowest BCUT2D eigenvalue weighted by Crippen LogP contribution is -2.40. The van der Waals surface area contributed by atoms with Gasteiger partial charge in [-0.2, -0.15) is 0 Å². The summed E-state index contributed by atoms with van der Waals surface area (Å²) in [6.45, 7) is 1.79. The first kappa shape index (κ1) is 16.0. The zero-order chi connectivity index (χ0) is 15.6. The molecule has 0 heterocycles. The highest BCUT2D eigenvalue weighted by Crippen LogP contribution is 2.17. The van der Waals surface area contributed by atoms with E-state index in [0.717, 1.165) is 17.7 Å². The molecule has 0 aromatic heterocycles. The number of hydrogen-bond acceptors (Lipinski definition) is 2. The van der Waals surface area contributed by atoms with Crippen LogP contribution >= 0.6 is 0 Å². The molecule has 116 valence electrons. The summed E-state index contributed by atoms with van der Waals surface area (Å²) in [7, 11) is 1.66. The molecule has 2 aromatic carbocycles. The maximum atomic E-state index is 12.5. The number of methoxy groups -OCH3 is 1.